The van der Waals surface area contributed by atoms with Gasteiger partial charge in [-0.25, -0.2) is 9.78 Å². The van der Waals surface area contributed by atoms with Gasteiger partial charge in [0.2, 0.25) is 5.88 Å². The summed E-state index contributed by atoms with van der Waals surface area (Å²) in [4.78, 5) is 32.8. The Morgan fingerprint density at radius 3 is 2.14 bits per heavy atom. The van der Waals surface area contributed by atoms with Crippen LogP contribution in [0.5, 0.6) is 5.88 Å². The molecule has 2 fully saturated rings. The van der Waals surface area contributed by atoms with Gasteiger partial charge in [0.05, 0.1) is 7.11 Å². The van der Waals surface area contributed by atoms with Crippen molar-refractivity contribution in [3.63, 3.8) is 0 Å². The van der Waals surface area contributed by atoms with E-state index in [1.807, 2.05) is 17.0 Å². The van der Waals surface area contributed by atoms with E-state index < -0.39 is 0 Å². The first-order chi connectivity index (χ1) is 17.6. The van der Waals surface area contributed by atoms with Gasteiger partial charge in [0.1, 0.15) is 6.61 Å². The van der Waals surface area contributed by atoms with Gasteiger partial charge in [-0.2, -0.15) is 0 Å². The molecule has 184 valence electrons. The number of pyridine rings is 1. The zero-order chi connectivity index (χ0) is 24.6. The molecule has 1 amide bonds. The summed E-state index contributed by atoms with van der Waals surface area (Å²) < 4.78 is 11.1. The predicted molar refractivity (Wildman–Crippen MR) is 136 cm³/mol. The predicted octanol–water partition coefficient (Wildman–Crippen LogP) is 5.86. The van der Waals surface area contributed by atoms with E-state index in [1.54, 1.807) is 25.4 Å². The first kappa shape index (κ1) is 22.8. The number of carbonyl (C=O) groups is 2. The van der Waals surface area contributed by atoms with Gasteiger partial charge >= 0.3 is 6.09 Å². The van der Waals surface area contributed by atoms with Crippen LogP contribution in [0.25, 0.3) is 11.1 Å². The molecule has 2 saturated heterocycles. The highest BCUT2D eigenvalue weighted by molar-refractivity contribution is 5.97. The van der Waals surface area contributed by atoms with Gasteiger partial charge < -0.3 is 14.4 Å². The van der Waals surface area contributed by atoms with Gasteiger partial charge in [-0.1, -0.05) is 48.5 Å². The third kappa shape index (κ3) is 3.94. The van der Waals surface area contributed by atoms with E-state index in [2.05, 4.69) is 41.4 Å². The summed E-state index contributed by atoms with van der Waals surface area (Å²) in [6.07, 6.45) is 5.58. The Balaban J connectivity index is 1.15. The molecular weight excluding hydrogens is 452 g/mol. The minimum atomic E-state index is -0.247. The van der Waals surface area contributed by atoms with Crippen LogP contribution in [0.2, 0.25) is 0 Å². The van der Waals surface area contributed by atoms with Crippen LogP contribution in [-0.4, -0.2) is 47.6 Å². The average Bonchev–Trinajstić information content (AvgIpc) is 3.24. The summed E-state index contributed by atoms with van der Waals surface area (Å²) in [5.41, 5.74) is 5.47. The fourth-order valence-electron chi connectivity index (χ4n) is 6.44. The Morgan fingerprint density at radius 2 is 1.56 bits per heavy atom. The molecule has 2 atom stereocenters. The normalized spacial score (nSPS) is 22.5. The number of amides is 1. The molecule has 6 nitrogen and oxygen atoms in total. The minimum absolute atomic E-state index is 0.0355. The molecule has 2 aliphatic heterocycles. The van der Waals surface area contributed by atoms with Crippen molar-refractivity contribution in [1.29, 1.82) is 0 Å². The summed E-state index contributed by atoms with van der Waals surface area (Å²) in [7, 11) is 1.56. The Hall–Kier alpha value is -3.67. The molecule has 6 heteroatoms. The number of rotatable bonds is 5. The number of methoxy groups -OCH3 is 1. The van der Waals surface area contributed by atoms with E-state index in [1.165, 1.54) is 22.3 Å². The van der Waals surface area contributed by atoms with Crippen LogP contribution in [0.15, 0.2) is 66.9 Å². The van der Waals surface area contributed by atoms with Crippen molar-refractivity contribution in [3.05, 3.63) is 83.6 Å². The smallest absolute Gasteiger partial charge is 0.410 e. The maximum absolute atomic E-state index is 13.4. The standard InChI is InChI=1S/C30H30N2O4/c1-35-28-14-13-19(17-31-28)29(33)20-15-21-7-6-8-22(16-20)32(21)30(34)36-18-27-25-11-4-2-9-23(25)24-10-3-5-12-26(24)27/h2-5,9-14,17,20-22,27H,6-8,15-16,18H2,1H3. The van der Waals surface area contributed by atoms with E-state index in [9.17, 15) is 9.59 Å². The number of hydrogen-bond donors (Lipinski definition) is 0. The Morgan fingerprint density at radius 1 is 0.917 bits per heavy atom. The van der Waals surface area contributed by atoms with Crippen molar-refractivity contribution in [2.45, 2.75) is 50.1 Å². The number of Topliss-reactive ketones (excluding diaryl/α,β-unsaturated/α-hetero) is 1. The lowest BCUT2D eigenvalue weighted by atomic mass is 9.76. The van der Waals surface area contributed by atoms with E-state index in [4.69, 9.17) is 9.47 Å². The molecule has 3 aromatic rings. The van der Waals surface area contributed by atoms with Crippen LogP contribution in [-0.2, 0) is 4.74 Å². The second kappa shape index (κ2) is 9.41. The molecule has 3 aliphatic rings. The van der Waals surface area contributed by atoms with Gasteiger partial charge in [-0.3, -0.25) is 4.79 Å². The zero-order valence-corrected chi connectivity index (χ0v) is 20.4. The summed E-state index contributed by atoms with van der Waals surface area (Å²) >= 11 is 0. The molecule has 2 unspecified atom stereocenters. The lowest BCUT2D eigenvalue weighted by Crippen LogP contribution is -2.55. The molecular formula is C30H30N2O4. The van der Waals surface area contributed by atoms with Crippen LogP contribution >= 0.6 is 0 Å². The third-order valence-corrected chi connectivity index (χ3v) is 8.12. The molecule has 2 aromatic carbocycles. The fourth-order valence-corrected chi connectivity index (χ4v) is 6.44. The Labute approximate surface area is 211 Å². The van der Waals surface area contributed by atoms with Gasteiger partial charge in [-0.05, 0) is 60.4 Å². The highest BCUT2D eigenvalue weighted by atomic mass is 16.6. The number of fused-ring (bicyclic) bond motifs is 5. The minimum Gasteiger partial charge on any atom is -0.481 e. The number of ether oxygens (including phenoxy) is 2. The average molecular weight is 483 g/mol. The topological polar surface area (TPSA) is 68.7 Å². The van der Waals surface area contributed by atoms with E-state index in [0.717, 1.165) is 19.3 Å². The van der Waals surface area contributed by atoms with E-state index >= 15 is 0 Å². The number of ketones is 1. The first-order valence-electron chi connectivity index (χ1n) is 12.8. The largest absolute Gasteiger partial charge is 0.481 e. The fraction of sp³-hybridized carbons (Fsp3) is 0.367. The number of hydrogen-bond acceptors (Lipinski definition) is 5. The summed E-state index contributed by atoms with van der Waals surface area (Å²) in [6.45, 7) is 0.322. The lowest BCUT2D eigenvalue weighted by Gasteiger charge is -2.47. The van der Waals surface area contributed by atoms with Crippen LogP contribution in [0.1, 0.15) is 59.5 Å². The molecule has 36 heavy (non-hydrogen) atoms. The first-order valence-corrected chi connectivity index (χ1v) is 12.8. The van der Waals surface area contributed by atoms with Gasteiger partial charge in [-0.15, -0.1) is 0 Å². The molecule has 0 saturated carbocycles. The Bertz CT molecular complexity index is 1230. The molecule has 0 radical (unpaired) electrons. The van der Waals surface area contributed by atoms with Crippen molar-refractivity contribution >= 4 is 11.9 Å². The summed E-state index contributed by atoms with van der Waals surface area (Å²) in [5, 5.41) is 0. The summed E-state index contributed by atoms with van der Waals surface area (Å²) in [6, 6.07) is 20.3. The van der Waals surface area contributed by atoms with Crippen LogP contribution < -0.4 is 4.74 Å². The number of piperidine rings is 2. The SMILES string of the molecule is COc1ccc(C(=O)C2CC3CCCC(C2)N3C(=O)OCC2c3ccccc3-c3ccccc32)cn1. The molecule has 2 bridgehead atoms. The lowest BCUT2D eigenvalue weighted by molar-refractivity contribution is 0.00650. The zero-order valence-electron chi connectivity index (χ0n) is 20.4. The van der Waals surface area contributed by atoms with Gasteiger partial charge in [0.25, 0.3) is 0 Å². The van der Waals surface area contributed by atoms with E-state index in [-0.39, 0.29) is 35.8 Å². The quantitative estimate of drug-likeness (QED) is 0.427. The highest BCUT2D eigenvalue weighted by Gasteiger charge is 2.44. The number of aromatic nitrogens is 1. The van der Waals surface area contributed by atoms with Gasteiger partial charge in [0, 0.05) is 41.7 Å². The van der Waals surface area contributed by atoms with Crippen molar-refractivity contribution < 1.29 is 19.1 Å². The maximum atomic E-state index is 13.4. The highest BCUT2D eigenvalue weighted by Crippen LogP contribution is 2.45. The molecule has 1 aromatic heterocycles. The second-order valence-corrected chi connectivity index (χ2v) is 10.1. The molecule has 0 spiro atoms. The van der Waals surface area contributed by atoms with Crippen molar-refractivity contribution in [2.75, 3.05) is 13.7 Å². The van der Waals surface area contributed by atoms with Gasteiger partial charge in [0.15, 0.2) is 5.78 Å². The number of carbonyl (C=O) groups excluding carboxylic acids is 2. The number of benzene rings is 2. The van der Waals surface area contributed by atoms with Crippen molar-refractivity contribution in [1.82, 2.24) is 9.88 Å². The van der Waals surface area contributed by atoms with Crippen molar-refractivity contribution in [3.8, 4) is 17.0 Å². The number of nitrogens with zero attached hydrogens (tertiary/aromatic N) is 2. The monoisotopic (exact) mass is 482 g/mol. The van der Waals surface area contributed by atoms with Crippen LogP contribution in [0.3, 0.4) is 0 Å². The third-order valence-electron chi connectivity index (χ3n) is 8.12. The Kier molecular flexibility index (Phi) is 5.96. The second-order valence-electron chi connectivity index (χ2n) is 10.1. The molecule has 1 aliphatic carbocycles. The maximum Gasteiger partial charge on any atom is 0.410 e. The molecule has 0 N–H and O–H groups in total. The molecule has 6 rings (SSSR count). The summed E-state index contributed by atoms with van der Waals surface area (Å²) in [5.74, 6) is 0.541. The molecule has 3 heterocycles. The van der Waals surface area contributed by atoms with Crippen LogP contribution in [0.4, 0.5) is 4.79 Å². The van der Waals surface area contributed by atoms with Crippen molar-refractivity contribution in [2.24, 2.45) is 5.92 Å². The van der Waals surface area contributed by atoms with E-state index in [0.29, 0.717) is 30.9 Å². The van der Waals surface area contributed by atoms with Crippen LogP contribution in [0, 0.1) is 5.92 Å².